The minimum atomic E-state index is 0.723. The number of thiophene rings is 1. The van der Waals surface area contributed by atoms with Crippen molar-refractivity contribution in [1.82, 2.24) is 14.8 Å². The first-order valence-electron chi connectivity index (χ1n) is 10.5. The number of nitrogens with zero attached hydrogens (tertiary/aromatic N) is 3. The van der Waals surface area contributed by atoms with Crippen molar-refractivity contribution < 1.29 is 0 Å². The van der Waals surface area contributed by atoms with Gasteiger partial charge in [-0.25, -0.2) is 0 Å². The summed E-state index contributed by atoms with van der Waals surface area (Å²) in [5.41, 5.74) is 4.09. The van der Waals surface area contributed by atoms with Gasteiger partial charge in [0.05, 0.1) is 0 Å². The first kappa shape index (κ1) is 19.6. The quantitative estimate of drug-likeness (QED) is 0.249. The zero-order chi connectivity index (χ0) is 20.5. The summed E-state index contributed by atoms with van der Waals surface area (Å²) in [6.07, 6.45) is 5.54. The Kier molecular flexibility index (Phi) is 5.48. The summed E-state index contributed by atoms with van der Waals surface area (Å²) in [5, 5.41) is 15.0. The van der Waals surface area contributed by atoms with Crippen molar-refractivity contribution in [3.63, 3.8) is 0 Å². The Labute approximate surface area is 185 Å². The number of rotatable bonds is 6. The zero-order valence-corrected chi connectivity index (χ0v) is 18.8. The van der Waals surface area contributed by atoms with Gasteiger partial charge < -0.3 is 0 Å². The molecule has 0 saturated carbocycles. The molecule has 4 aromatic rings. The third-order valence-corrected chi connectivity index (χ3v) is 7.97. The second-order valence-electron chi connectivity index (χ2n) is 8.03. The van der Waals surface area contributed by atoms with Crippen molar-refractivity contribution in [3.05, 3.63) is 76.5 Å². The lowest BCUT2D eigenvalue weighted by molar-refractivity contribution is 0.508. The van der Waals surface area contributed by atoms with Gasteiger partial charge in [0.25, 0.3) is 0 Å². The average Bonchev–Trinajstić information content (AvgIpc) is 3.35. The van der Waals surface area contributed by atoms with Gasteiger partial charge in [0, 0.05) is 28.1 Å². The molecule has 1 unspecified atom stereocenters. The molecule has 2 heterocycles. The van der Waals surface area contributed by atoms with Crippen molar-refractivity contribution in [3.8, 4) is 11.4 Å². The van der Waals surface area contributed by atoms with Crippen LogP contribution >= 0.6 is 23.1 Å². The third-order valence-electron chi connectivity index (χ3n) is 5.91. The number of allylic oxidation sites excluding steroid dienone is 1. The predicted octanol–water partition coefficient (Wildman–Crippen LogP) is 6.76. The van der Waals surface area contributed by atoms with Crippen LogP contribution < -0.4 is 0 Å². The summed E-state index contributed by atoms with van der Waals surface area (Å²) in [7, 11) is 0. The maximum Gasteiger partial charge on any atom is 0.192 e. The predicted molar refractivity (Wildman–Crippen MR) is 128 cm³/mol. The smallest absolute Gasteiger partial charge is 0.192 e. The van der Waals surface area contributed by atoms with E-state index in [2.05, 4.69) is 76.1 Å². The van der Waals surface area contributed by atoms with E-state index in [0.717, 1.165) is 35.6 Å². The highest BCUT2D eigenvalue weighted by molar-refractivity contribution is 7.98. The van der Waals surface area contributed by atoms with E-state index in [1.807, 2.05) is 17.4 Å². The van der Waals surface area contributed by atoms with Gasteiger partial charge in [-0.15, -0.1) is 28.1 Å². The number of aromatic nitrogens is 3. The molecule has 1 aliphatic carbocycles. The summed E-state index contributed by atoms with van der Waals surface area (Å²) in [5.74, 6) is 2.64. The molecule has 0 N–H and O–H groups in total. The molecular formula is C25H25N3S2. The molecule has 0 aliphatic heterocycles. The molecule has 5 heteroatoms. The molecule has 2 aromatic heterocycles. The van der Waals surface area contributed by atoms with Crippen LogP contribution in [-0.2, 0) is 25.1 Å². The van der Waals surface area contributed by atoms with Crippen LogP contribution in [0.15, 0.2) is 65.7 Å². The molecule has 1 atom stereocenters. The van der Waals surface area contributed by atoms with Gasteiger partial charge in [0.1, 0.15) is 0 Å². The van der Waals surface area contributed by atoms with Gasteiger partial charge in [0.15, 0.2) is 11.0 Å². The Balaban J connectivity index is 1.46. The van der Waals surface area contributed by atoms with Gasteiger partial charge in [-0.3, -0.25) is 4.57 Å². The highest BCUT2D eigenvalue weighted by Gasteiger charge is 2.24. The molecule has 2 aromatic carbocycles. The number of hydrogen-bond donors (Lipinski definition) is 0. The second-order valence-corrected chi connectivity index (χ2v) is 9.94. The summed E-state index contributed by atoms with van der Waals surface area (Å²) >= 11 is 3.64. The molecule has 0 fully saturated rings. The van der Waals surface area contributed by atoms with E-state index in [1.54, 1.807) is 11.8 Å². The summed E-state index contributed by atoms with van der Waals surface area (Å²) in [4.78, 5) is 1.53. The Morgan fingerprint density at radius 1 is 1.20 bits per heavy atom. The van der Waals surface area contributed by atoms with Gasteiger partial charge in [-0.1, -0.05) is 67.2 Å². The molecule has 3 nitrogen and oxygen atoms in total. The highest BCUT2D eigenvalue weighted by Crippen LogP contribution is 2.38. The topological polar surface area (TPSA) is 30.7 Å². The minimum Gasteiger partial charge on any atom is -0.298 e. The Morgan fingerprint density at radius 3 is 2.97 bits per heavy atom. The van der Waals surface area contributed by atoms with Crippen molar-refractivity contribution in [2.75, 3.05) is 0 Å². The van der Waals surface area contributed by atoms with Crippen LogP contribution in [0.3, 0.4) is 0 Å². The molecular weight excluding hydrogens is 406 g/mol. The number of thioether (sulfide) groups is 1. The van der Waals surface area contributed by atoms with Crippen LogP contribution in [0, 0.1) is 5.92 Å². The summed E-state index contributed by atoms with van der Waals surface area (Å²) in [6, 6.07) is 15.1. The van der Waals surface area contributed by atoms with E-state index >= 15 is 0 Å². The second kappa shape index (κ2) is 8.40. The lowest BCUT2D eigenvalue weighted by Crippen LogP contribution is -2.10. The molecule has 0 bridgehead atoms. The van der Waals surface area contributed by atoms with Gasteiger partial charge in [-0.05, 0) is 47.1 Å². The van der Waals surface area contributed by atoms with Gasteiger partial charge in [-0.2, -0.15) is 0 Å². The fourth-order valence-electron chi connectivity index (χ4n) is 4.31. The highest BCUT2D eigenvalue weighted by atomic mass is 32.2. The molecule has 0 saturated heterocycles. The van der Waals surface area contributed by atoms with E-state index in [1.165, 1.54) is 45.2 Å². The molecule has 0 spiro atoms. The Morgan fingerprint density at radius 2 is 2.07 bits per heavy atom. The van der Waals surface area contributed by atoms with Crippen LogP contribution in [0.25, 0.3) is 22.2 Å². The lowest BCUT2D eigenvalue weighted by atomic mass is 9.88. The van der Waals surface area contributed by atoms with Crippen molar-refractivity contribution in [1.29, 1.82) is 0 Å². The van der Waals surface area contributed by atoms with Crippen molar-refractivity contribution >= 4 is 33.9 Å². The number of fused-ring (bicyclic) bond motifs is 2. The van der Waals surface area contributed by atoms with Crippen LogP contribution in [0.2, 0.25) is 0 Å². The van der Waals surface area contributed by atoms with Crippen molar-refractivity contribution in [2.24, 2.45) is 5.92 Å². The molecule has 30 heavy (non-hydrogen) atoms. The number of hydrogen-bond acceptors (Lipinski definition) is 4. The third kappa shape index (κ3) is 3.61. The fraction of sp³-hybridized carbons (Fsp3) is 0.280. The SMILES string of the molecule is C=CCn1c(SCc2cccc3ccccc23)nnc1-c1csc2c1CCC(C)C2. The first-order chi connectivity index (χ1) is 14.7. The molecule has 0 radical (unpaired) electrons. The number of benzene rings is 2. The molecule has 0 amide bonds. The van der Waals surface area contributed by atoms with E-state index < -0.39 is 0 Å². The van der Waals surface area contributed by atoms with Crippen LogP contribution in [0.4, 0.5) is 0 Å². The molecule has 152 valence electrons. The summed E-state index contributed by atoms with van der Waals surface area (Å²) in [6.45, 7) is 7.05. The monoisotopic (exact) mass is 431 g/mol. The van der Waals surface area contributed by atoms with E-state index in [-0.39, 0.29) is 0 Å². The van der Waals surface area contributed by atoms with Crippen LogP contribution in [0.5, 0.6) is 0 Å². The Hall–Kier alpha value is -2.37. The minimum absolute atomic E-state index is 0.723. The fourth-order valence-corrected chi connectivity index (χ4v) is 6.51. The first-order valence-corrected chi connectivity index (χ1v) is 12.3. The normalized spacial score (nSPS) is 16.0. The van der Waals surface area contributed by atoms with E-state index in [9.17, 15) is 0 Å². The zero-order valence-electron chi connectivity index (χ0n) is 17.2. The van der Waals surface area contributed by atoms with E-state index in [0.29, 0.717) is 0 Å². The van der Waals surface area contributed by atoms with Crippen LogP contribution in [-0.4, -0.2) is 14.8 Å². The van der Waals surface area contributed by atoms with E-state index in [4.69, 9.17) is 0 Å². The van der Waals surface area contributed by atoms with Crippen LogP contribution in [0.1, 0.15) is 29.3 Å². The van der Waals surface area contributed by atoms with Gasteiger partial charge in [0.2, 0.25) is 0 Å². The maximum absolute atomic E-state index is 4.63. The van der Waals surface area contributed by atoms with Crippen molar-refractivity contribution in [2.45, 2.75) is 43.6 Å². The Bertz CT molecular complexity index is 1200. The average molecular weight is 432 g/mol. The largest absolute Gasteiger partial charge is 0.298 e. The summed E-state index contributed by atoms with van der Waals surface area (Å²) < 4.78 is 2.23. The standard InChI is InChI=1S/C25H25N3S2/c1-3-13-28-24(22-16-29-23-14-17(2)11-12-21(22)23)26-27-25(28)30-15-19-9-6-8-18-7-4-5-10-20(18)19/h3-10,16-17H,1,11-15H2,2H3. The lowest BCUT2D eigenvalue weighted by Gasteiger charge is -2.19. The molecule has 5 rings (SSSR count). The molecule has 1 aliphatic rings. The maximum atomic E-state index is 4.63. The van der Waals surface area contributed by atoms with Gasteiger partial charge >= 0.3 is 0 Å².